The number of anilines is 1. The Morgan fingerprint density at radius 1 is 1.18 bits per heavy atom. The Morgan fingerprint density at radius 3 is 2.41 bits per heavy atom. The number of ether oxygens (including phenoxy) is 1. The van der Waals surface area contributed by atoms with Gasteiger partial charge >= 0.3 is 6.09 Å². The maximum absolute atomic E-state index is 13.5. The average Bonchev–Trinajstić information content (AvgIpc) is 2.54. The van der Waals surface area contributed by atoms with Gasteiger partial charge in [0.25, 0.3) is 0 Å². The second kappa shape index (κ2) is 6.67. The van der Waals surface area contributed by atoms with Gasteiger partial charge in [-0.15, -0.1) is 0 Å². The maximum Gasteiger partial charge on any atom is 0.409 e. The van der Waals surface area contributed by atoms with E-state index in [0.717, 1.165) is 12.1 Å². The molecule has 1 aliphatic rings. The largest absolute Gasteiger partial charge is 0.453 e. The van der Waals surface area contributed by atoms with Crippen molar-refractivity contribution < 1.29 is 27.5 Å². The van der Waals surface area contributed by atoms with Gasteiger partial charge in [0.1, 0.15) is 0 Å². The van der Waals surface area contributed by atoms with Crippen LogP contribution in [0.4, 0.5) is 23.7 Å². The van der Waals surface area contributed by atoms with E-state index in [1.54, 1.807) is 0 Å². The molecule has 22 heavy (non-hydrogen) atoms. The number of piperidine rings is 1. The lowest BCUT2D eigenvalue weighted by Gasteiger charge is -2.30. The van der Waals surface area contributed by atoms with E-state index in [9.17, 15) is 22.8 Å². The summed E-state index contributed by atoms with van der Waals surface area (Å²) in [4.78, 5) is 24.8. The molecule has 1 aromatic rings. The number of carbonyl (C=O) groups is 2. The fourth-order valence-corrected chi connectivity index (χ4v) is 2.31. The highest BCUT2D eigenvalue weighted by Gasteiger charge is 2.28. The third-order valence-corrected chi connectivity index (χ3v) is 3.59. The fourth-order valence-electron chi connectivity index (χ4n) is 2.31. The summed E-state index contributed by atoms with van der Waals surface area (Å²) in [6.07, 6.45) is 0.295. The van der Waals surface area contributed by atoms with Gasteiger partial charge in [0, 0.05) is 19.0 Å². The molecule has 0 bridgehead atoms. The molecule has 0 unspecified atom stereocenters. The predicted octanol–water partition coefficient (Wildman–Crippen LogP) is 2.52. The molecule has 0 radical (unpaired) electrons. The molecule has 0 aliphatic carbocycles. The van der Waals surface area contributed by atoms with Gasteiger partial charge in [0.2, 0.25) is 5.91 Å². The number of halogens is 3. The smallest absolute Gasteiger partial charge is 0.409 e. The van der Waals surface area contributed by atoms with Crippen LogP contribution in [0.3, 0.4) is 0 Å². The molecule has 120 valence electrons. The number of carbonyl (C=O) groups excluding carboxylic acids is 2. The van der Waals surface area contributed by atoms with Crippen LogP contribution in [-0.2, 0) is 9.53 Å². The quantitative estimate of drug-likeness (QED) is 0.853. The number of rotatable bonds is 2. The van der Waals surface area contributed by atoms with Crippen LogP contribution in [-0.4, -0.2) is 37.1 Å². The highest BCUT2D eigenvalue weighted by atomic mass is 19.2. The minimum Gasteiger partial charge on any atom is -0.453 e. The van der Waals surface area contributed by atoms with Gasteiger partial charge in [-0.25, -0.2) is 18.0 Å². The van der Waals surface area contributed by atoms with Crippen LogP contribution in [0.5, 0.6) is 0 Å². The Morgan fingerprint density at radius 2 is 1.82 bits per heavy atom. The summed E-state index contributed by atoms with van der Waals surface area (Å²) >= 11 is 0. The van der Waals surface area contributed by atoms with Gasteiger partial charge in [-0.3, -0.25) is 4.79 Å². The van der Waals surface area contributed by atoms with E-state index < -0.39 is 41.1 Å². The first kappa shape index (κ1) is 16.1. The summed E-state index contributed by atoms with van der Waals surface area (Å²) in [6.45, 7) is 0.677. The normalized spacial score (nSPS) is 15.5. The van der Waals surface area contributed by atoms with Crippen molar-refractivity contribution in [2.45, 2.75) is 12.8 Å². The van der Waals surface area contributed by atoms with Gasteiger partial charge in [0.05, 0.1) is 12.8 Å². The molecule has 1 aromatic carbocycles. The van der Waals surface area contributed by atoms with E-state index in [4.69, 9.17) is 0 Å². The third kappa shape index (κ3) is 3.32. The van der Waals surface area contributed by atoms with E-state index >= 15 is 0 Å². The van der Waals surface area contributed by atoms with E-state index in [1.165, 1.54) is 12.0 Å². The molecule has 1 N–H and O–H groups in total. The summed E-state index contributed by atoms with van der Waals surface area (Å²) in [5.41, 5.74) is -0.403. The fraction of sp³-hybridized carbons (Fsp3) is 0.429. The van der Waals surface area contributed by atoms with Crippen molar-refractivity contribution in [1.82, 2.24) is 4.90 Å². The highest BCUT2D eigenvalue weighted by Crippen LogP contribution is 2.23. The Balaban J connectivity index is 1.97. The Labute approximate surface area is 125 Å². The van der Waals surface area contributed by atoms with Crippen LogP contribution in [0.15, 0.2) is 12.1 Å². The Bertz CT molecular complexity index is 587. The van der Waals surface area contributed by atoms with Crippen molar-refractivity contribution in [2.75, 3.05) is 25.5 Å². The zero-order valence-electron chi connectivity index (χ0n) is 11.9. The van der Waals surface area contributed by atoms with Crippen molar-refractivity contribution in [2.24, 2.45) is 5.92 Å². The van der Waals surface area contributed by atoms with E-state index in [0.29, 0.717) is 25.9 Å². The third-order valence-electron chi connectivity index (χ3n) is 3.59. The monoisotopic (exact) mass is 316 g/mol. The minimum absolute atomic E-state index is 0.338. The molecule has 2 amide bonds. The van der Waals surface area contributed by atoms with Crippen molar-refractivity contribution >= 4 is 17.7 Å². The zero-order valence-corrected chi connectivity index (χ0v) is 11.9. The van der Waals surface area contributed by atoms with Crippen molar-refractivity contribution in [1.29, 1.82) is 0 Å². The molecule has 0 atom stereocenters. The SMILES string of the molecule is COC(=O)N1CCC(C(=O)Nc2ccc(F)c(F)c2F)CC1. The van der Waals surface area contributed by atoms with Crippen molar-refractivity contribution in [3.8, 4) is 0 Å². The van der Waals surface area contributed by atoms with E-state index in [2.05, 4.69) is 10.1 Å². The molecule has 0 saturated carbocycles. The number of nitrogens with one attached hydrogen (secondary N) is 1. The number of benzene rings is 1. The molecule has 1 heterocycles. The molecular weight excluding hydrogens is 301 g/mol. The summed E-state index contributed by atoms with van der Waals surface area (Å²) in [7, 11) is 1.27. The summed E-state index contributed by atoms with van der Waals surface area (Å²) in [5.74, 6) is -5.30. The molecule has 1 fully saturated rings. The van der Waals surface area contributed by atoms with Gasteiger partial charge in [-0.1, -0.05) is 0 Å². The second-order valence-corrected chi connectivity index (χ2v) is 4.94. The second-order valence-electron chi connectivity index (χ2n) is 4.94. The Hall–Kier alpha value is -2.25. The Kier molecular flexibility index (Phi) is 4.89. The maximum atomic E-state index is 13.5. The standard InChI is InChI=1S/C14H15F3N2O3/c1-22-14(21)19-6-4-8(5-7-19)13(20)18-10-3-2-9(15)11(16)12(10)17/h2-3,8H,4-7H2,1H3,(H,18,20). The van der Waals surface area contributed by atoms with Crippen LogP contribution in [0.1, 0.15) is 12.8 Å². The van der Waals surface area contributed by atoms with Gasteiger partial charge in [-0.2, -0.15) is 0 Å². The van der Waals surface area contributed by atoms with Crippen LogP contribution in [0.2, 0.25) is 0 Å². The van der Waals surface area contributed by atoms with E-state index in [1.807, 2.05) is 0 Å². The molecule has 5 nitrogen and oxygen atoms in total. The number of amides is 2. The van der Waals surface area contributed by atoms with Gasteiger partial charge < -0.3 is 15.0 Å². The van der Waals surface area contributed by atoms with Crippen LogP contribution in [0.25, 0.3) is 0 Å². The lowest BCUT2D eigenvalue weighted by atomic mass is 9.96. The van der Waals surface area contributed by atoms with Crippen LogP contribution in [0, 0.1) is 23.4 Å². The van der Waals surface area contributed by atoms with Crippen molar-refractivity contribution in [3.05, 3.63) is 29.6 Å². The molecular formula is C14H15F3N2O3. The number of hydrogen-bond donors (Lipinski definition) is 1. The molecule has 1 aliphatic heterocycles. The lowest BCUT2D eigenvalue weighted by molar-refractivity contribution is -0.121. The number of nitrogens with zero attached hydrogens (tertiary/aromatic N) is 1. The average molecular weight is 316 g/mol. The number of methoxy groups -OCH3 is 1. The predicted molar refractivity (Wildman–Crippen MR) is 71.6 cm³/mol. The molecule has 0 spiro atoms. The van der Waals surface area contributed by atoms with Gasteiger partial charge in [0.15, 0.2) is 17.5 Å². The van der Waals surface area contributed by atoms with Gasteiger partial charge in [-0.05, 0) is 25.0 Å². The van der Waals surface area contributed by atoms with Crippen molar-refractivity contribution in [3.63, 3.8) is 0 Å². The highest BCUT2D eigenvalue weighted by molar-refractivity contribution is 5.92. The topological polar surface area (TPSA) is 58.6 Å². The molecule has 2 rings (SSSR count). The van der Waals surface area contributed by atoms with Crippen LogP contribution >= 0.6 is 0 Å². The van der Waals surface area contributed by atoms with E-state index in [-0.39, 0.29) is 0 Å². The first-order valence-corrected chi connectivity index (χ1v) is 6.71. The number of likely N-dealkylation sites (tertiary alicyclic amines) is 1. The minimum atomic E-state index is -1.63. The molecule has 8 heteroatoms. The first-order chi connectivity index (χ1) is 10.4. The zero-order chi connectivity index (χ0) is 16.3. The summed E-state index contributed by atoms with van der Waals surface area (Å²) < 4.78 is 44.0. The summed E-state index contributed by atoms with van der Waals surface area (Å²) in [6, 6.07) is 1.71. The lowest BCUT2D eigenvalue weighted by Crippen LogP contribution is -2.41. The van der Waals surface area contributed by atoms with Crippen LogP contribution < -0.4 is 5.32 Å². The molecule has 0 aromatic heterocycles. The molecule has 1 saturated heterocycles. The summed E-state index contributed by atoms with van der Waals surface area (Å²) in [5, 5.41) is 2.25. The number of hydrogen-bond acceptors (Lipinski definition) is 3. The first-order valence-electron chi connectivity index (χ1n) is 6.71.